The van der Waals surface area contributed by atoms with E-state index in [2.05, 4.69) is 4.74 Å². The van der Waals surface area contributed by atoms with Gasteiger partial charge in [0, 0.05) is 9.92 Å². The lowest BCUT2D eigenvalue weighted by atomic mass is 10.3. The monoisotopic (exact) mass is 242 g/mol. The Morgan fingerprint density at radius 3 is 2.43 bits per heavy atom. The number of hydrogen-bond donors (Lipinski definition) is 0. The highest BCUT2D eigenvalue weighted by Crippen LogP contribution is 2.30. The molecule has 0 heterocycles. The molecule has 1 aromatic carbocycles. The number of ether oxygens (including phenoxy) is 1. The van der Waals surface area contributed by atoms with E-state index >= 15 is 0 Å². The zero-order valence-electron chi connectivity index (χ0n) is 7.06. The van der Waals surface area contributed by atoms with Crippen LogP contribution in [0.5, 0.6) is 5.75 Å². The molecule has 0 fully saturated rings. The first-order valence-corrected chi connectivity index (χ1v) is 5.11. The van der Waals surface area contributed by atoms with Gasteiger partial charge in [0.2, 0.25) is 0 Å². The Morgan fingerprint density at radius 2 is 1.93 bits per heavy atom. The molecule has 0 saturated carbocycles. The molecule has 1 rings (SSSR count). The molecule has 0 aromatic heterocycles. The second-order valence-electron chi connectivity index (χ2n) is 2.37. The molecule has 0 saturated heterocycles. The van der Waals surface area contributed by atoms with Gasteiger partial charge in [-0.15, -0.1) is 24.9 Å². The Morgan fingerprint density at radius 1 is 1.29 bits per heavy atom. The van der Waals surface area contributed by atoms with E-state index in [1.54, 1.807) is 12.3 Å². The summed E-state index contributed by atoms with van der Waals surface area (Å²) in [6.45, 7) is 0. The lowest BCUT2D eigenvalue weighted by Gasteiger charge is -2.09. The van der Waals surface area contributed by atoms with Crippen LogP contribution in [-0.4, -0.2) is 12.6 Å². The van der Waals surface area contributed by atoms with Gasteiger partial charge in [-0.1, -0.05) is 11.6 Å². The lowest BCUT2D eigenvalue weighted by Crippen LogP contribution is -2.17. The van der Waals surface area contributed by atoms with Crippen molar-refractivity contribution in [2.45, 2.75) is 11.3 Å². The molecule has 0 N–H and O–H groups in total. The predicted molar refractivity (Wildman–Crippen MR) is 49.9 cm³/mol. The molecule has 0 aliphatic heterocycles. The standard InChI is InChI=1S/C8H6ClF3OS/c1-14-7-3-5(9)2-6(4-7)13-8(10,11)12/h2-4H,1H3. The number of benzene rings is 1. The van der Waals surface area contributed by atoms with E-state index in [0.717, 1.165) is 6.07 Å². The maximum atomic E-state index is 11.8. The summed E-state index contributed by atoms with van der Waals surface area (Å²) >= 11 is 6.89. The number of alkyl halides is 3. The van der Waals surface area contributed by atoms with Gasteiger partial charge in [0.25, 0.3) is 0 Å². The number of thioether (sulfide) groups is 1. The molecule has 0 amide bonds. The molecular weight excluding hydrogens is 237 g/mol. The van der Waals surface area contributed by atoms with E-state index in [0.29, 0.717) is 4.90 Å². The van der Waals surface area contributed by atoms with E-state index in [1.807, 2.05) is 0 Å². The SMILES string of the molecule is CSc1cc(Cl)cc(OC(F)(F)F)c1. The number of rotatable bonds is 2. The Hall–Kier alpha value is -0.550. The van der Waals surface area contributed by atoms with Crippen LogP contribution in [0.1, 0.15) is 0 Å². The number of hydrogen-bond acceptors (Lipinski definition) is 2. The fraction of sp³-hybridized carbons (Fsp3) is 0.250. The summed E-state index contributed by atoms with van der Waals surface area (Å²) in [6.07, 6.45) is -2.94. The molecule has 0 unspecified atom stereocenters. The predicted octanol–water partition coefficient (Wildman–Crippen LogP) is 3.96. The summed E-state index contributed by atoms with van der Waals surface area (Å²) in [5.41, 5.74) is 0. The fourth-order valence-corrected chi connectivity index (χ4v) is 1.62. The van der Waals surface area contributed by atoms with Crippen molar-refractivity contribution in [2.75, 3.05) is 6.26 Å². The lowest BCUT2D eigenvalue weighted by molar-refractivity contribution is -0.274. The Kier molecular flexibility index (Phi) is 3.55. The van der Waals surface area contributed by atoms with Crippen LogP contribution >= 0.6 is 23.4 Å². The summed E-state index contributed by atoms with van der Waals surface area (Å²) in [5, 5.41) is 0.219. The third-order valence-electron chi connectivity index (χ3n) is 1.31. The summed E-state index contributed by atoms with van der Waals surface area (Å²) in [4.78, 5) is 0.622. The zero-order chi connectivity index (χ0) is 10.8. The highest BCUT2D eigenvalue weighted by atomic mass is 35.5. The van der Waals surface area contributed by atoms with Gasteiger partial charge < -0.3 is 4.74 Å². The molecule has 14 heavy (non-hydrogen) atoms. The molecule has 0 aliphatic rings. The fourth-order valence-electron chi connectivity index (χ4n) is 0.847. The molecule has 1 nitrogen and oxygen atoms in total. The molecule has 0 radical (unpaired) electrons. The smallest absolute Gasteiger partial charge is 0.406 e. The molecule has 0 atom stereocenters. The highest BCUT2D eigenvalue weighted by Gasteiger charge is 2.31. The van der Waals surface area contributed by atoms with Gasteiger partial charge in [-0.05, 0) is 24.5 Å². The van der Waals surface area contributed by atoms with E-state index in [1.165, 1.54) is 17.8 Å². The van der Waals surface area contributed by atoms with E-state index in [-0.39, 0.29) is 10.8 Å². The number of halogens is 4. The molecule has 0 spiro atoms. The first-order chi connectivity index (χ1) is 6.40. The van der Waals surface area contributed by atoms with Gasteiger partial charge in [-0.25, -0.2) is 0 Å². The minimum atomic E-state index is -4.68. The van der Waals surface area contributed by atoms with Gasteiger partial charge in [-0.3, -0.25) is 0 Å². The highest BCUT2D eigenvalue weighted by molar-refractivity contribution is 7.98. The van der Waals surface area contributed by atoms with Crippen molar-refractivity contribution >= 4 is 23.4 Å². The van der Waals surface area contributed by atoms with Crippen LogP contribution in [0.3, 0.4) is 0 Å². The molecule has 6 heteroatoms. The summed E-state index contributed by atoms with van der Waals surface area (Å²) in [6, 6.07) is 3.97. The van der Waals surface area contributed by atoms with E-state index in [4.69, 9.17) is 11.6 Å². The Bertz CT molecular complexity index is 327. The van der Waals surface area contributed by atoms with Gasteiger partial charge in [-0.2, -0.15) is 0 Å². The minimum Gasteiger partial charge on any atom is -0.406 e. The Labute approximate surface area is 88.2 Å². The summed E-state index contributed by atoms with van der Waals surface area (Å²) in [7, 11) is 0. The van der Waals surface area contributed by atoms with Crippen molar-refractivity contribution in [2.24, 2.45) is 0 Å². The van der Waals surface area contributed by atoms with Gasteiger partial charge in [0.15, 0.2) is 0 Å². The first kappa shape index (κ1) is 11.5. The van der Waals surface area contributed by atoms with Crippen molar-refractivity contribution in [1.82, 2.24) is 0 Å². The normalized spacial score (nSPS) is 11.5. The molecular formula is C8H6ClF3OS. The third kappa shape index (κ3) is 3.67. The Balaban J connectivity index is 2.92. The van der Waals surface area contributed by atoms with Crippen molar-refractivity contribution in [3.8, 4) is 5.75 Å². The molecule has 1 aromatic rings. The van der Waals surface area contributed by atoms with E-state index < -0.39 is 6.36 Å². The second-order valence-corrected chi connectivity index (χ2v) is 3.69. The topological polar surface area (TPSA) is 9.23 Å². The van der Waals surface area contributed by atoms with Gasteiger partial charge in [0.05, 0.1) is 0 Å². The zero-order valence-corrected chi connectivity index (χ0v) is 8.63. The van der Waals surface area contributed by atoms with Crippen LogP contribution in [0.4, 0.5) is 13.2 Å². The van der Waals surface area contributed by atoms with Crippen LogP contribution in [0.25, 0.3) is 0 Å². The van der Waals surface area contributed by atoms with Crippen LogP contribution in [-0.2, 0) is 0 Å². The van der Waals surface area contributed by atoms with Crippen LogP contribution in [0, 0.1) is 0 Å². The minimum absolute atomic E-state index is 0.219. The van der Waals surface area contributed by atoms with Crippen LogP contribution in [0.15, 0.2) is 23.1 Å². The summed E-state index contributed by atoms with van der Waals surface area (Å²) < 4.78 is 39.2. The average molecular weight is 243 g/mol. The first-order valence-electron chi connectivity index (χ1n) is 3.51. The molecule has 0 aliphatic carbocycles. The molecule has 0 bridgehead atoms. The maximum absolute atomic E-state index is 11.8. The van der Waals surface area contributed by atoms with Crippen molar-refractivity contribution in [3.63, 3.8) is 0 Å². The molecule has 78 valence electrons. The van der Waals surface area contributed by atoms with Gasteiger partial charge >= 0.3 is 6.36 Å². The largest absolute Gasteiger partial charge is 0.573 e. The van der Waals surface area contributed by atoms with Crippen molar-refractivity contribution in [3.05, 3.63) is 23.2 Å². The van der Waals surface area contributed by atoms with Crippen LogP contribution < -0.4 is 4.74 Å². The third-order valence-corrected chi connectivity index (χ3v) is 2.24. The maximum Gasteiger partial charge on any atom is 0.573 e. The quantitative estimate of drug-likeness (QED) is 0.726. The van der Waals surface area contributed by atoms with Gasteiger partial charge in [0.1, 0.15) is 5.75 Å². The van der Waals surface area contributed by atoms with Crippen molar-refractivity contribution in [1.29, 1.82) is 0 Å². The van der Waals surface area contributed by atoms with Crippen LogP contribution in [0.2, 0.25) is 5.02 Å². The van der Waals surface area contributed by atoms with E-state index in [9.17, 15) is 13.2 Å². The average Bonchev–Trinajstić information content (AvgIpc) is 1.99. The van der Waals surface area contributed by atoms with Crippen molar-refractivity contribution < 1.29 is 17.9 Å². The second kappa shape index (κ2) is 4.31. The summed E-state index contributed by atoms with van der Waals surface area (Å²) in [5.74, 6) is -0.297.